The van der Waals surface area contributed by atoms with Gasteiger partial charge in [0.1, 0.15) is 0 Å². The van der Waals surface area contributed by atoms with Crippen LogP contribution in [-0.2, 0) is 6.54 Å². The normalized spacial score (nSPS) is 15.8. The zero-order chi connectivity index (χ0) is 14.1. The van der Waals surface area contributed by atoms with Gasteiger partial charge in [-0.05, 0) is 38.1 Å². The first-order chi connectivity index (χ1) is 9.65. The maximum Gasteiger partial charge on any atom is 0.241 e. The molecule has 1 aliphatic heterocycles. The zero-order valence-electron chi connectivity index (χ0n) is 10.7. The van der Waals surface area contributed by atoms with Gasteiger partial charge in [-0.1, -0.05) is 16.8 Å². The van der Waals surface area contributed by atoms with Crippen LogP contribution in [0.25, 0.3) is 11.4 Å². The Bertz CT molecular complexity index is 623. The van der Waals surface area contributed by atoms with E-state index in [2.05, 4.69) is 15.0 Å². The van der Waals surface area contributed by atoms with Gasteiger partial charge in [-0.3, -0.25) is 4.90 Å². The molecule has 6 nitrogen and oxygen atoms in total. The van der Waals surface area contributed by atoms with Crippen molar-refractivity contribution < 1.29 is 14.7 Å². The van der Waals surface area contributed by atoms with Gasteiger partial charge in [-0.25, -0.2) is 0 Å². The van der Waals surface area contributed by atoms with Gasteiger partial charge in [-0.15, -0.1) is 0 Å². The van der Waals surface area contributed by atoms with E-state index in [4.69, 9.17) is 16.1 Å². The van der Waals surface area contributed by atoms with Gasteiger partial charge in [0.15, 0.2) is 11.5 Å². The molecule has 0 atom stereocenters. The topological polar surface area (TPSA) is 82.6 Å². The van der Waals surface area contributed by atoms with E-state index in [-0.39, 0.29) is 16.5 Å². The molecule has 2 N–H and O–H groups in total. The van der Waals surface area contributed by atoms with Gasteiger partial charge in [0.25, 0.3) is 0 Å². The monoisotopic (exact) mass is 295 g/mol. The predicted octanol–water partition coefficient (Wildman–Crippen LogP) is 2.40. The molecular weight excluding hydrogens is 282 g/mol. The van der Waals surface area contributed by atoms with Crippen molar-refractivity contribution in [1.29, 1.82) is 0 Å². The van der Waals surface area contributed by atoms with Crippen molar-refractivity contribution >= 4 is 11.6 Å². The fourth-order valence-electron chi connectivity index (χ4n) is 2.29. The lowest BCUT2D eigenvalue weighted by Crippen LogP contribution is -2.18. The summed E-state index contributed by atoms with van der Waals surface area (Å²) >= 11 is 5.97. The summed E-state index contributed by atoms with van der Waals surface area (Å²) in [5.74, 6) is 0.166. The number of hydrogen-bond acceptors (Lipinski definition) is 6. The van der Waals surface area contributed by atoms with Gasteiger partial charge >= 0.3 is 0 Å². The summed E-state index contributed by atoms with van der Waals surface area (Å²) in [5, 5.41) is 22.9. The van der Waals surface area contributed by atoms with E-state index in [0.717, 1.165) is 13.1 Å². The third-order valence-electron chi connectivity index (χ3n) is 3.36. The second-order valence-corrected chi connectivity index (χ2v) is 5.17. The third kappa shape index (κ3) is 2.44. The first-order valence-electron chi connectivity index (χ1n) is 6.41. The molecule has 20 heavy (non-hydrogen) atoms. The molecular formula is C13H14ClN3O3. The third-order valence-corrected chi connectivity index (χ3v) is 3.74. The molecule has 0 spiro atoms. The average molecular weight is 296 g/mol. The lowest BCUT2D eigenvalue weighted by Gasteiger charge is -2.09. The molecule has 1 aromatic heterocycles. The molecule has 3 rings (SSSR count). The summed E-state index contributed by atoms with van der Waals surface area (Å²) < 4.78 is 5.20. The SMILES string of the molecule is Oc1ccc(-c2noc(CN3CCCC3)n2)c(Cl)c1O. The first kappa shape index (κ1) is 13.2. The number of phenols is 2. The molecule has 0 unspecified atom stereocenters. The molecule has 7 heteroatoms. The number of rotatable bonds is 3. The molecule has 106 valence electrons. The van der Waals surface area contributed by atoms with Crippen molar-refractivity contribution in [3.63, 3.8) is 0 Å². The van der Waals surface area contributed by atoms with Crippen molar-refractivity contribution in [3.8, 4) is 22.9 Å². The maximum absolute atomic E-state index is 9.61. The van der Waals surface area contributed by atoms with E-state index >= 15 is 0 Å². The minimum absolute atomic E-state index is 0.0125. The van der Waals surface area contributed by atoms with E-state index in [1.165, 1.54) is 18.9 Å². The second kappa shape index (κ2) is 5.30. The van der Waals surface area contributed by atoms with Crippen molar-refractivity contribution in [2.45, 2.75) is 19.4 Å². The molecule has 2 aromatic rings. The summed E-state index contributed by atoms with van der Waals surface area (Å²) in [4.78, 5) is 6.52. The lowest BCUT2D eigenvalue weighted by molar-refractivity contribution is 0.268. The quantitative estimate of drug-likeness (QED) is 0.846. The Labute approximate surface area is 120 Å². The van der Waals surface area contributed by atoms with Crippen LogP contribution >= 0.6 is 11.6 Å². The van der Waals surface area contributed by atoms with Crippen LogP contribution in [0.2, 0.25) is 5.02 Å². The van der Waals surface area contributed by atoms with Crippen LogP contribution in [0.5, 0.6) is 11.5 Å². The Kier molecular flexibility index (Phi) is 3.50. The number of nitrogens with zero attached hydrogens (tertiary/aromatic N) is 3. The summed E-state index contributed by atoms with van der Waals surface area (Å²) in [6.07, 6.45) is 2.39. The van der Waals surface area contributed by atoms with E-state index in [9.17, 15) is 10.2 Å². The van der Waals surface area contributed by atoms with Gasteiger partial charge in [0.05, 0.1) is 11.6 Å². The number of phenolic OH excluding ortho intramolecular Hbond substituents is 2. The number of benzene rings is 1. The standard InChI is InChI=1S/C13H14ClN3O3/c14-11-8(3-4-9(18)12(11)19)13-15-10(20-16-13)7-17-5-1-2-6-17/h3-4,18-19H,1-2,5-7H2. The first-order valence-corrected chi connectivity index (χ1v) is 6.78. The largest absolute Gasteiger partial charge is 0.504 e. The molecule has 1 fully saturated rings. The average Bonchev–Trinajstić information content (AvgIpc) is 3.09. The zero-order valence-corrected chi connectivity index (χ0v) is 11.5. The highest BCUT2D eigenvalue weighted by Crippen LogP contribution is 2.39. The molecule has 0 radical (unpaired) electrons. The van der Waals surface area contributed by atoms with Crippen molar-refractivity contribution in [2.24, 2.45) is 0 Å². The Morgan fingerprint density at radius 1 is 1.25 bits per heavy atom. The number of aromatic nitrogens is 2. The van der Waals surface area contributed by atoms with Crippen molar-refractivity contribution in [3.05, 3.63) is 23.0 Å². The Morgan fingerprint density at radius 2 is 2.00 bits per heavy atom. The van der Waals surface area contributed by atoms with E-state index in [1.54, 1.807) is 6.07 Å². The van der Waals surface area contributed by atoms with Crippen LogP contribution in [-0.4, -0.2) is 38.3 Å². The summed E-state index contributed by atoms with van der Waals surface area (Å²) in [7, 11) is 0. The molecule has 1 saturated heterocycles. The number of aromatic hydroxyl groups is 2. The Morgan fingerprint density at radius 3 is 2.75 bits per heavy atom. The molecule has 0 amide bonds. The van der Waals surface area contributed by atoms with Gasteiger partial charge in [0.2, 0.25) is 11.7 Å². The van der Waals surface area contributed by atoms with Crippen LogP contribution in [0.3, 0.4) is 0 Å². The second-order valence-electron chi connectivity index (χ2n) is 4.79. The van der Waals surface area contributed by atoms with E-state index in [1.807, 2.05) is 0 Å². The van der Waals surface area contributed by atoms with Crippen LogP contribution in [0.4, 0.5) is 0 Å². The highest BCUT2D eigenvalue weighted by atomic mass is 35.5. The fourth-order valence-corrected chi connectivity index (χ4v) is 2.53. The predicted molar refractivity (Wildman–Crippen MR) is 72.6 cm³/mol. The highest BCUT2D eigenvalue weighted by molar-refractivity contribution is 6.34. The van der Waals surface area contributed by atoms with Gasteiger partial charge in [-0.2, -0.15) is 4.98 Å². The molecule has 2 heterocycles. The summed E-state index contributed by atoms with van der Waals surface area (Å²) in [5.41, 5.74) is 0.429. The molecule has 0 bridgehead atoms. The maximum atomic E-state index is 9.61. The summed E-state index contributed by atoms with van der Waals surface area (Å²) in [6, 6.07) is 2.88. The Balaban J connectivity index is 1.84. The van der Waals surface area contributed by atoms with Gasteiger partial charge in [0, 0.05) is 5.56 Å². The number of halogens is 1. The van der Waals surface area contributed by atoms with Crippen LogP contribution in [0, 0.1) is 0 Å². The van der Waals surface area contributed by atoms with Crippen LogP contribution < -0.4 is 0 Å². The number of hydrogen-bond donors (Lipinski definition) is 2. The minimum atomic E-state index is -0.380. The van der Waals surface area contributed by atoms with Crippen LogP contribution in [0.1, 0.15) is 18.7 Å². The molecule has 0 aliphatic carbocycles. The highest BCUT2D eigenvalue weighted by Gasteiger charge is 2.19. The van der Waals surface area contributed by atoms with E-state index in [0.29, 0.717) is 23.8 Å². The molecule has 0 saturated carbocycles. The smallest absolute Gasteiger partial charge is 0.241 e. The van der Waals surface area contributed by atoms with Crippen LogP contribution in [0.15, 0.2) is 16.7 Å². The fraction of sp³-hybridized carbons (Fsp3) is 0.385. The lowest BCUT2D eigenvalue weighted by atomic mass is 10.2. The van der Waals surface area contributed by atoms with Gasteiger partial charge < -0.3 is 14.7 Å². The Hall–Kier alpha value is -1.79. The summed E-state index contributed by atoms with van der Waals surface area (Å²) in [6.45, 7) is 2.70. The van der Waals surface area contributed by atoms with Crippen molar-refractivity contribution in [1.82, 2.24) is 15.0 Å². The molecule has 1 aromatic carbocycles. The van der Waals surface area contributed by atoms with E-state index < -0.39 is 0 Å². The van der Waals surface area contributed by atoms with Crippen molar-refractivity contribution in [2.75, 3.05) is 13.1 Å². The number of likely N-dealkylation sites (tertiary alicyclic amines) is 1. The molecule has 1 aliphatic rings. The minimum Gasteiger partial charge on any atom is -0.504 e.